The van der Waals surface area contributed by atoms with Crippen molar-refractivity contribution >= 4 is 28.2 Å². The largest absolute Gasteiger partial charge is 0.494 e. The molecule has 184 valence electrons. The number of halogens is 1. The van der Waals surface area contributed by atoms with Gasteiger partial charge in [-0.1, -0.05) is 0 Å². The highest BCUT2D eigenvalue weighted by molar-refractivity contribution is 5.93. The van der Waals surface area contributed by atoms with Gasteiger partial charge in [-0.25, -0.2) is 14.4 Å². The molecule has 10 nitrogen and oxygen atoms in total. The summed E-state index contributed by atoms with van der Waals surface area (Å²) in [5.74, 6) is 0.668. The van der Waals surface area contributed by atoms with Crippen LogP contribution in [0, 0.1) is 12.7 Å². The normalized spacial score (nSPS) is 19.6. The van der Waals surface area contributed by atoms with Crippen molar-refractivity contribution in [2.45, 2.75) is 44.6 Å². The number of rotatable bonds is 4. The Balaban J connectivity index is 1.31. The highest BCUT2D eigenvalue weighted by Gasteiger charge is 2.29. The molecule has 1 unspecified atom stereocenters. The topological polar surface area (TPSA) is 109 Å². The number of anilines is 2. The summed E-state index contributed by atoms with van der Waals surface area (Å²) in [5.41, 5.74) is 9.56. The predicted molar refractivity (Wildman–Crippen MR) is 129 cm³/mol. The van der Waals surface area contributed by atoms with E-state index in [9.17, 15) is 4.39 Å². The second-order valence-corrected chi connectivity index (χ2v) is 9.37. The van der Waals surface area contributed by atoms with Crippen LogP contribution >= 0.6 is 0 Å². The van der Waals surface area contributed by atoms with E-state index in [2.05, 4.69) is 21.5 Å². The summed E-state index contributed by atoms with van der Waals surface area (Å²) in [4.78, 5) is 11.6. The van der Waals surface area contributed by atoms with Gasteiger partial charge < -0.3 is 20.1 Å². The Labute approximate surface area is 201 Å². The molecule has 2 fully saturated rings. The van der Waals surface area contributed by atoms with Gasteiger partial charge in [0.2, 0.25) is 5.95 Å². The van der Waals surface area contributed by atoms with Gasteiger partial charge in [-0.2, -0.15) is 9.61 Å². The summed E-state index contributed by atoms with van der Waals surface area (Å²) in [7, 11) is 1.42. The number of benzene rings is 1. The van der Waals surface area contributed by atoms with Crippen LogP contribution < -0.4 is 15.4 Å². The number of hydrogen-bond acceptors (Lipinski definition) is 8. The van der Waals surface area contributed by atoms with Crippen molar-refractivity contribution < 1.29 is 13.9 Å². The van der Waals surface area contributed by atoms with Crippen molar-refractivity contribution in [3.8, 4) is 5.75 Å². The van der Waals surface area contributed by atoms with Crippen LogP contribution in [0.15, 0.2) is 18.3 Å². The highest BCUT2D eigenvalue weighted by atomic mass is 19.1. The summed E-state index contributed by atoms with van der Waals surface area (Å²) in [6.45, 7) is 5.46. The Morgan fingerprint density at radius 1 is 1.17 bits per heavy atom. The third-order valence-corrected chi connectivity index (χ3v) is 7.27. The van der Waals surface area contributed by atoms with E-state index < -0.39 is 5.82 Å². The van der Waals surface area contributed by atoms with Crippen LogP contribution in [0.4, 0.5) is 16.0 Å². The van der Waals surface area contributed by atoms with E-state index in [0.717, 1.165) is 57.7 Å². The lowest BCUT2D eigenvalue weighted by Gasteiger charge is -2.33. The fourth-order valence-electron chi connectivity index (χ4n) is 5.41. The Morgan fingerprint density at radius 2 is 2.00 bits per heavy atom. The van der Waals surface area contributed by atoms with Crippen LogP contribution in [0.1, 0.15) is 49.2 Å². The number of ether oxygens (including phenoxy) is 2. The molecular formula is C24H29FN8O2. The number of hydrogen-bond donors (Lipinski definition) is 1. The molecule has 5 heterocycles. The van der Waals surface area contributed by atoms with E-state index in [0.29, 0.717) is 28.4 Å². The summed E-state index contributed by atoms with van der Waals surface area (Å²) in [6.07, 6.45) is 5.95. The Morgan fingerprint density at radius 3 is 2.80 bits per heavy atom. The Bertz CT molecular complexity index is 1390. The summed E-state index contributed by atoms with van der Waals surface area (Å²) >= 11 is 0. The fraction of sp³-hybridized carbons (Fsp3) is 0.500. The zero-order chi connectivity index (χ0) is 24.1. The van der Waals surface area contributed by atoms with Crippen molar-refractivity contribution in [1.82, 2.24) is 29.4 Å². The standard InChI is InChI=1S/C24H29FN8O2/c1-14-20(12-27-32(14)16-5-8-35-9-6-16)31-7-3-4-15(13-31)22-29-23-17-10-18(25)21(34-2)11-19(17)28-24(26)33(23)30-22/h10-12,15-16H,3-9,13H2,1-2H3,(H2,26,28). The highest BCUT2D eigenvalue weighted by Crippen LogP contribution is 2.34. The zero-order valence-electron chi connectivity index (χ0n) is 19.9. The van der Waals surface area contributed by atoms with Crippen molar-refractivity contribution in [3.63, 3.8) is 0 Å². The van der Waals surface area contributed by atoms with Crippen LogP contribution in [-0.2, 0) is 4.74 Å². The molecular weight excluding hydrogens is 451 g/mol. The smallest absolute Gasteiger partial charge is 0.223 e. The molecule has 2 aliphatic rings. The first-order valence-electron chi connectivity index (χ1n) is 12.1. The second kappa shape index (κ2) is 8.63. The minimum Gasteiger partial charge on any atom is -0.494 e. The van der Waals surface area contributed by atoms with Gasteiger partial charge in [0.25, 0.3) is 0 Å². The first-order valence-corrected chi connectivity index (χ1v) is 12.1. The molecule has 3 aromatic heterocycles. The van der Waals surface area contributed by atoms with E-state index in [4.69, 9.17) is 30.4 Å². The van der Waals surface area contributed by atoms with Gasteiger partial charge >= 0.3 is 0 Å². The first kappa shape index (κ1) is 22.0. The van der Waals surface area contributed by atoms with Gasteiger partial charge in [0.15, 0.2) is 23.0 Å². The SMILES string of the molecule is COc1cc2nc(N)n3nc(C4CCCN(c5cnn(C6CCOCC6)c5C)C4)nc3c2cc1F. The molecule has 0 spiro atoms. The molecule has 0 aliphatic carbocycles. The molecule has 0 saturated carbocycles. The van der Waals surface area contributed by atoms with Gasteiger partial charge in [-0.3, -0.25) is 4.68 Å². The van der Waals surface area contributed by atoms with Crippen molar-refractivity contribution in [1.29, 1.82) is 0 Å². The van der Waals surface area contributed by atoms with E-state index in [1.54, 1.807) is 0 Å². The third kappa shape index (κ3) is 3.74. The molecule has 2 aliphatic heterocycles. The summed E-state index contributed by atoms with van der Waals surface area (Å²) in [5, 5.41) is 9.97. The lowest BCUT2D eigenvalue weighted by atomic mass is 9.97. The maximum Gasteiger partial charge on any atom is 0.223 e. The zero-order valence-corrected chi connectivity index (χ0v) is 19.9. The van der Waals surface area contributed by atoms with Crippen molar-refractivity contribution in [2.75, 3.05) is 44.0 Å². The molecule has 11 heteroatoms. The van der Waals surface area contributed by atoms with E-state index in [-0.39, 0.29) is 17.6 Å². The quantitative estimate of drug-likeness (QED) is 0.474. The van der Waals surface area contributed by atoms with E-state index in [1.165, 1.54) is 29.5 Å². The molecule has 2 N–H and O–H groups in total. The molecule has 0 amide bonds. The molecule has 6 rings (SSSR count). The van der Waals surface area contributed by atoms with Crippen molar-refractivity contribution in [2.24, 2.45) is 0 Å². The predicted octanol–water partition coefficient (Wildman–Crippen LogP) is 3.25. The average molecular weight is 481 g/mol. The average Bonchev–Trinajstić information content (AvgIpc) is 3.50. The van der Waals surface area contributed by atoms with E-state index in [1.807, 2.05) is 6.20 Å². The lowest BCUT2D eigenvalue weighted by molar-refractivity contribution is 0.0657. The monoisotopic (exact) mass is 480 g/mol. The van der Waals surface area contributed by atoms with Gasteiger partial charge in [0.05, 0.1) is 36.2 Å². The first-order chi connectivity index (χ1) is 17.0. The second-order valence-electron chi connectivity index (χ2n) is 9.37. The third-order valence-electron chi connectivity index (χ3n) is 7.27. The molecule has 2 saturated heterocycles. The number of aromatic nitrogens is 6. The number of fused-ring (bicyclic) bond motifs is 3. The number of nitrogens with two attached hydrogens (primary N) is 1. The van der Waals surface area contributed by atoms with Gasteiger partial charge in [-0.15, -0.1) is 5.10 Å². The molecule has 35 heavy (non-hydrogen) atoms. The number of nitrogen functional groups attached to an aromatic ring is 1. The lowest BCUT2D eigenvalue weighted by Crippen LogP contribution is -2.35. The number of nitrogens with zero attached hydrogens (tertiary/aromatic N) is 7. The van der Waals surface area contributed by atoms with Crippen LogP contribution in [0.3, 0.4) is 0 Å². The van der Waals surface area contributed by atoms with E-state index >= 15 is 0 Å². The van der Waals surface area contributed by atoms with Crippen molar-refractivity contribution in [3.05, 3.63) is 35.7 Å². The summed E-state index contributed by atoms with van der Waals surface area (Å²) < 4.78 is 28.7. The van der Waals surface area contributed by atoms with Gasteiger partial charge in [0, 0.05) is 43.7 Å². The van der Waals surface area contributed by atoms with Crippen LogP contribution in [0.5, 0.6) is 5.75 Å². The molecule has 1 atom stereocenters. The maximum absolute atomic E-state index is 14.5. The molecule has 4 aromatic rings. The Hall–Kier alpha value is -3.47. The minimum absolute atomic E-state index is 0.118. The van der Waals surface area contributed by atoms with Crippen LogP contribution in [0.25, 0.3) is 16.6 Å². The Kier molecular flexibility index (Phi) is 5.43. The van der Waals surface area contributed by atoms with Gasteiger partial charge in [-0.05, 0) is 38.7 Å². The molecule has 1 aromatic carbocycles. The fourth-order valence-corrected chi connectivity index (χ4v) is 5.41. The summed E-state index contributed by atoms with van der Waals surface area (Å²) in [6, 6.07) is 3.31. The number of methoxy groups -OCH3 is 1. The maximum atomic E-state index is 14.5. The van der Waals surface area contributed by atoms with Crippen LogP contribution in [-0.4, -0.2) is 62.8 Å². The number of piperidine rings is 1. The minimum atomic E-state index is -0.473. The molecule has 0 bridgehead atoms. The van der Waals surface area contributed by atoms with Gasteiger partial charge in [0.1, 0.15) is 0 Å². The van der Waals surface area contributed by atoms with Crippen LogP contribution in [0.2, 0.25) is 0 Å². The molecule has 0 radical (unpaired) electrons.